The minimum atomic E-state index is -0.836. The third-order valence-corrected chi connectivity index (χ3v) is 2.39. The molecule has 0 aromatic carbocycles. The molecule has 0 heterocycles. The average molecular weight is 169 g/mol. The Morgan fingerprint density at radius 3 is 2.42 bits per heavy atom. The molecule has 0 spiro atoms. The summed E-state index contributed by atoms with van der Waals surface area (Å²) >= 11 is 0. The molecule has 0 amide bonds. The molecule has 68 valence electrons. The van der Waals surface area contributed by atoms with Crippen LogP contribution in [-0.4, -0.2) is 11.1 Å². The van der Waals surface area contributed by atoms with Gasteiger partial charge in [0.05, 0.1) is 11.5 Å². The standard InChI is InChI=1S/C9H15NO2/c1-7(2)9(3,6-10)5-4-8(11)12/h7H,4-5H2,1-3H3,(H,11,12). The van der Waals surface area contributed by atoms with Crippen molar-refractivity contribution in [2.24, 2.45) is 11.3 Å². The molecule has 0 aliphatic carbocycles. The summed E-state index contributed by atoms with van der Waals surface area (Å²) in [6, 6.07) is 2.17. The summed E-state index contributed by atoms with van der Waals surface area (Å²) in [7, 11) is 0. The van der Waals surface area contributed by atoms with Gasteiger partial charge in [0.1, 0.15) is 0 Å². The summed E-state index contributed by atoms with van der Waals surface area (Å²) in [5.41, 5.74) is -0.502. The van der Waals surface area contributed by atoms with Gasteiger partial charge in [-0.25, -0.2) is 0 Å². The van der Waals surface area contributed by atoms with Gasteiger partial charge in [-0.3, -0.25) is 4.79 Å². The first-order valence-corrected chi connectivity index (χ1v) is 4.05. The summed E-state index contributed by atoms with van der Waals surface area (Å²) in [6.07, 6.45) is 0.499. The predicted molar refractivity (Wildman–Crippen MR) is 45.4 cm³/mol. The second-order valence-corrected chi connectivity index (χ2v) is 3.58. The van der Waals surface area contributed by atoms with E-state index in [1.54, 1.807) is 6.92 Å². The average Bonchev–Trinajstić information content (AvgIpc) is 1.99. The first-order chi connectivity index (χ1) is 5.42. The third kappa shape index (κ3) is 2.91. The van der Waals surface area contributed by atoms with Crippen LogP contribution in [0.5, 0.6) is 0 Å². The van der Waals surface area contributed by atoms with Crippen molar-refractivity contribution in [2.45, 2.75) is 33.6 Å². The fourth-order valence-corrected chi connectivity index (χ4v) is 0.840. The molecule has 12 heavy (non-hydrogen) atoms. The molecule has 0 fully saturated rings. The molecule has 1 unspecified atom stereocenters. The van der Waals surface area contributed by atoms with E-state index in [-0.39, 0.29) is 12.3 Å². The number of hydrogen-bond donors (Lipinski definition) is 1. The van der Waals surface area contributed by atoms with Gasteiger partial charge in [-0.2, -0.15) is 5.26 Å². The van der Waals surface area contributed by atoms with Gasteiger partial charge in [0.25, 0.3) is 0 Å². The minimum Gasteiger partial charge on any atom is -0.481 e. The van der Waals surface area contributed by atoms with Gasteiger partial charge in [0.2, 0.25) is 0 Å². The number of hydrogen-bond acceptors (Lipinski definition) is 2. The van der Waals surface area contributed by atoms with Crippen LogP contribution in [0.4, 0.5) is 0 Å². The normalized spacial score (nSPS) is 15.2. The number of carbonyl (C=O) groups is 1. The highest BCUT2D eigenvalue weighted by Gasteiger charge is 2.28. The molecule has 0 saturated heterocycles. The predicted octanol–water partition coefficient (Wildman–Crippen LogP) is 2.04. The topological polar surface area (TPSA) is 61.1 Å². The Kier molecular flexibility index (Phi) is 3.75. The van der Waals surface area contributed by atoms with Crippen molar-refractivity contribution in [2.75, 3.05) is 0 Å². The second kappa shape index (κ2) is 4.10. The first kappa shape index (κ1) is 11.0. The summed E-state index contributed by atoms with van der Waals surface area (Å²) in [5, 5.41) is 17.3. The molecule has 3 heteroatoms. The highest BCUT2D eigenvalue weighted by atomic mass is 16.4. The molecule has 0 bridgehead atoms. The van der Waals surface area contributed by atoms with Crippen LogP contribution in [-0.2, 0) is 4.79 Å². The summed E-state index contributed by atoms with van der Waals surface area (Å²) in [6.45, 7) is 5.68. The largest absolute Gasteiger partial charge is 0.481 e. The summed E-state index contributed by atoms with van der Waals surface area (Å²) in [4.78, 5) is 10.3. The maximum absolute atomic E-state index is 10.3. The lowest BCUT2D eigenvalue weighted by Gasteiger charge is -2.24. The molecular weight excluding hydrogens is 154 g/mol. The fraction of sp³-hybridized carbons (Fsp3) is 0.778. The van der Waals surface area contributed by atoms with E-state index < -0.39 is 11.4 Å². The molecule has 0 saturated carbocycles. The van der Waals surface area contributed by atoms with Crippen molar-refractivity contribution in [3.05, 3.63) is 0 Å². The van der Waals surface area contributed by atoms with Crippen molar-refractivity contribution >= 4 is 5.97 Å². The Morgan fingerprint density at radius 2 is 2.17 bits per heavy atom. The van der Waals surface area contributed by atoms with Crippen molar-refractivity contribution in [3.8, 4) is 6.07 Å². The molecule has 1 atom stereocenters. The Labute approximate surface area is 73.0 Å². The van der Waals surface area contributed by atoms with Crippen LogP contribution in [0.1, 0.15) is 33.6 Å². The molecule has 0 aromatic rings. The van der Waals surface area contributed by atoms with E-state index in [1.165, 1.54) is 0 Å². The van der Waals surface area contributed by atoms with Gasteiger partial charge in [-0.1, -0.05) is 13.8 Å². The van der Waals surface area contributed by atoms with Crippen LogP contribution in [0.25, 0.3) is 0 Å². The Balaban J connectivity index is 4.18. The van der Waals surface area contributed by atoms with Gasteiger partial charge < -0.3 is 5.11 Å². The van der Waals surface area contributed by atoms with E-state index in [0.29, 0.717) is 6.42 Å². The van der Waals surface area contributed by atoms with Crippen LogP contribution in [0, 0.1) is 22.7 Å². The number of carboxylic acids is 1. The van der Waals surface area contributed by atoms with E-state index in [2.05, 4.69) is 6.07 Å². The van der Waals surface area contributed by atoms with Crippen LogP contribution < -0.4 is 0 Å². The van der Waals surface area contributed by atoms with Gasteiger partial charge in [0.15, 0.2) is 0 Å². The lowest BCUT2D eigenvalue weighted by atomic mass is 9.77. The maximum atomic E-state index is 10.3. The van der Waals surface area contributed by atoms with Gasteiger partial charge >= 0.3 is 5.97 Å². The molecule has 0 rings (SSSR count). The highest BCUT2D eigenvalue weighted by Crippen LogP contribution is 2.31. The Morgan fingerprint density at radius 1 is 1.67 bits per heavy atom. The van der Waals surface area contributed by atoms with Gasteiger partial charge in [-0.15, -0.1) is 0 Å². The summed E-state index contributed by atoms with van der Waals surface area (Å²) in [5.74, 6) is -0.640. The number of carboxylic acid groups (broad SMARTS) is 1. The van der Waals surface area contributed by atoms with Crippen LogP contribution in [0.15, 0.2) is 0 Å². The molecular formula is C9H15NO2. The second-order valence-electron chi connectivity index (χ2n) is 3.58. The lowest BCUT2D eigenvalue weighted by Crippen LogP contribution is -2.22. The van der Waals surface area contributed by atoms with Crippen molar-refractivity contribution in [3.63, 3.8) is 0 Å². The lowest BCUT2D eigenvalue weighted by molar-refractivity contribution is -0.137. The number of nitriles is 1. The SMILES string of the molecule is CC(C)C(C)(C#N)CCC(=O)O. The zero-order valence-electron chi connectivity index (χ0n) is 7.79. The number of nitrogens with zero attached hydrogens (tertiary/aromatic N) is 1. The smallest absolute Gasteiger partial charge is 0.303 e. The third-order valence-electron chi connectivity index (χ3n) is 2.39. The fourth-order valence-electron chi connectivity index (χ4n) is 0.840. The quantitative estimate of drug-likeness (QED) is 0.700. The molecule has 0 aromatic heterocycles. The minimum absolute atomic E-state index is 0.0717. The number of aliphatic carboxylic acids is 1. The highest BCUT2D eigenvalue weighted by molar-refractivity contribution is 5.66. The van der Waals surface area contributed by atoms with E-state index >= 15 is 0 Å². The molecule has 1 N–H and O–H groups in total. The first-order valence-electron chi connectivity index (χ1n) is 4.05. The van der Waals surface area contributed by atoms with Crippen LogP contribution >= 0.6 is 0 Å². The molecule has 0 radical (unpaired) electrons. The van der Waals surface area contributed by atoms with Crippen molar-refractivity contribution in [1.29, 1.82) is 5.26 Å². The molecule has 3 nitrogen and oxygen atoms in total. The van der Waals surface area contributed by atoms with Crippen LogP contribution in [0.2, 0.25) is 0 Å². The van der Waals surface area contributed by atoms with Gasteiger partial charge in [-0.05, 0) is 19.3 Å². The monoisotopic (exact) mass is 169 g/mol. The van der Waals surface area contributed by atoms with E-state index in [1.807, 2.05) is 13.8 Å². The van der Waals surface area contributed by atoms with E-state index in [4.69, 9.17) is 10.4 Å². The van der Waals surface area contributed by atoms with E-state index in [9.17, 15) is 4.79 Å². The Hall–Kier alpha value is -1.04. The Bertz CT molecular complexity index is 205. The molecule has 0 aliphatic rings. The maximum Gasteiger partial charge on any atom is 0.303 e. The van der Waals surface area contributed by atoms with Crippen LogP contribution in [0.3, 0.4) is 0 Å². The zero-order valence-corrected chi connectivity index (χ0v) is 7.79. The summed E-state index contributed by atoms with van der Waals surface area (Å²) < 4.78 is 0. The van der Waals surface area contributed by atoms with Crippen molar-refractivity contribution in [1.82, 2.24) is 0 Å². The number of rotatable bonds is 4. The van der Waals surface area contributed by atoms with Gasteiger partial charge in [0, 0.05) is 6.42 Å². The van der Waals surface area contributed by atoms with Crippen molar-refractivity contribution < 1.29 is 9.90 Å². The zero-order chi connectivity index (χ0) is 9.78. The molecule has 0 aliphatic heterocycles. The van der Waals surface area contributed by atoms with E-state index in [0.717, 1.165) is 0 Å².